The highest BCUT2D eigenvalue weighted by atomic mass is 16.5. The van der Waals surface area contributed by atoms with E-state index < -0.39 is 0 Å². The minimum Gasteiger partial charge on any atom is -0.489 e. The molecule has 0 fully saturated rings. The summed E-state index contributed by atoms with van der Waals surface area (Å²) in [6.45, 7) is 2.25. The van der Waals surface area contributed by atoms with Crippen LogP contribution in [-0.4, -0.2) is 10.9 Å². The molecule has 0 atom stereocenters. The monoisotopic (exact) mass is 362 g/mol. The highest BCUT2D eigenvalue weighted by Crippen LogP contribution is 2.23. The second-order valence-corrected chi connectivity index (χ2v) is 6.25. The zero-order valence-corrected chi connectivity index (χ0v) is 15.2. The fraction of sp³-hybridized carbons (Fsp3) is 0.174. The maximum atomic E-state index is 11.8. The Balaban J connectivity index is 1.59. The topological polar surface area (TPSA) is 55.8 Å². The molecule has 0 aliphatic heterocycles. The Morgan fingerprint density at radius 2 is 1.44 bits per heavy atom. The van der Waals surface area contributed by atoms with Crippen LogP contribution in [-0.2, 0) is 19.8 Å². The highest BCUT2D eigenvalue weighted by Gasteiger charge is 2.10. The van der Waals surface area contributed by atoms with E-state index in [1.165, 1.54) is 6.92 Å². The van der Waals surface area contributed by atoms with E-state index >= 15 is 0 Å². The normalized spacial score (nSPS) is 10.4. The lowest BCUT2D eigenvalue weighted by Gasteiger charge is -2.12. The van der Waals surface area contributed by atoms with Gasteiger partial charge in [-0.05, 0) is 47.9 Å². The molecule has 27 heavy (non-hydrogen) atoms. The molecule has 1 N–H and O–H groups in total. The number of Topliss-reactive ketones (excluding diaryl/α,β-unsaturated/α-hetero) is 1. The van der Waals surface area contributed by atoms with Crippen LogP contribution in [0.1, 0.15) is 34.0 Å². The molecule has 0 unspecified atom stereocenters. The van der Waals surface area contributed by atoms with Crippen LogP contribution in [0.25, 0.3) is 0 Å². The molecule has 0 aliphatic rings. The standard InChI is InChI=1S/C23H22O4/c1-17(25)22-13-20(14-24)9-12-23(22)27-16-19-7-10-21(11-8-19)26-15-18-5-3-2-4-6-18/h2-13,24H,14-16H2,1H3. The number of hydrogen-bond donors (Lipinski definition) is 1. The van der Waals surface area contributed by atoms with Gasteiger partial charge in [0.25, 0.3) is 0 Å². The van der Waals surface area contributed by atoms with Gasteiger partial charge in [0, 0.05) is 0 Å². The molecule has 3 aromatic carbocycles. The average Bonchev–Trinajstić information content (AvgIpc) is 2.72. The number of hydrogen-bond acceptors (Lipinski definition) is 4. The van der Waals surface area contributed by atoms with Crippen LogP contribution in [0.5, 0.6) is 11.5 Å². The third-order valence-corrected chi connectivity index (χ3v) is 4.17. The van der Waals surface area contributed by atoms with Gasteiger partial charge in [0.1, 0.15) is 24.7 Å². The summed E-state index contributed by atoms with van der Waals surface area (Å²) < 4.78 is 11.6. The summed E-state index contributed by atoms with van der Waals surface area (Å²) in [4.78, 5) is 11.8. The minimum atomic E-state index is -0.106. The van der Waals surface area contributed by atoms with E-state index in [0.29, 0.717) is 30.1 Å². The number of benzene rings is 3. The molecule has 4 heteroatoms. The second-order valence-electron chi connectivity index (χ2n) is 6.25. The Kier molecular flexibility index (Phi) is 6.23. The van der Waals surface area contributed by atoms with Crippen molar-refractivity contribution in [3.8, 4) is 11.5 Å². The number of rotatable bonds is 8. The zero-order valence-electron chi connectivity index (χ0n) is 15.2. The third kappa shape index (κ3) is 5.19. The fourth-order valence-electron chi connectivity index (χ4n) is 2.66. The number of ether oxygens (including phenoxy) is 2. The number of aliphatic hydroxyl groups excluding tert-OH is 1. The molecule has 0 aromatic heterocycles. The van der Waals surface area contributed by atoms with E-state index in [0.717, 1.165) is 16.9 Å². The second kappa shape index (κ2) is 9.01. The summed E-state index contributed by atoms with van der Waals surface area (Å²) >= 11 is 0. The van der Waals surface area contributed by atoms with Crippen molar-refractivity contribution in [1.82, 2.24) is 0 Å². The first-order chi connectivity index (χ1) is 13.2. The molecule has 3 rings (SSSR count). The predicted octanol–water partition coefficient (Wildman–Crippen LogP) is 4.54. The molecule has 4 nitrogen and oxygen atoms in total. The summed E-state index contributed by atoms with van der Waals surface area (Å²) in [6, 6.07) is 22.8. The number of ketones is 1. The maximum Gasteiger partial charge on any atom is 0.163 e. The van der Waals surface area contributed by atoms with Crippen LogP contribution >= 0.6 is 0 Å². The Morgan fingerprint density at radius 1 is 0.815 bits per heavy atom. The molecule has 3 aromatic rings. The van der Waals surface area contributed by atoms with E-state index in [9.17, 15) is 9.90 Å². The lowest BCUT2D eigenvalue weighted by Crippen LogP contribution is -2.03. The lowest BCUT2D eigenvalue weighted by molar-refractivity contribution is 0.101. The van der Waals surface area contributed by atoms with Crippen molar-refractivity contribution in [3.63, 3.8) is 0 Å². The Labute approximate surface area is 159 Å². The van der Waals surface area contributed by atoms with Crippen LogP contribution in [0.15, 0.2) is 72.8 Å². The van der Waals surface area contributed by atoms with Crippen molar-refractivity contribution >= 4 is 5.78 Å². The SMILES string of the molecule is CC(=O)c1cc(CO)ccc1OCc1ccc(OCc2ccccc2)cc1. The molecule has 0 heterocycles. The van der Waals surface area contributed by atoms with Crippen molar-refractivity contribution in [2.45, 2.75) is 26.7 Å². The first-order valence-electron chi connectivity index (χ1n) is 8.79. The van der Waals surface area contributed by atoms with Gasteiger partial charge < -0.3 is 14.6 Å². The van der Waals surface area contributed by atoms with Crippen molar-refractivity contribution in [2.75, 3.05) is 0 Å². The largest absolute Gasteiger partial charge is 0.489 e. The average molecular weight is 362 g/mol. The molecule has 0 bridgehead atoms. The molecule has 0 amide bonds. The van der Waals surface area contributed by atoms with Crippen molar-refractivity contribution in [3.05, 3.63) is 95.1 Å². The molecule has 0 aliphatic carbocycles. The summed E-state index contributed by atoms with van der Waals surface area (Å²) in [5.41, 5.74) is 3.26. The van der Waals surface area contributed by atoms with Crippen LogP contribution in [0, 0.1) is 0 Å². The van der Waals surface area contributed by atoms with Gasteiger partial charge in [0.2, 0.25) is 0 Å². The van der Waals surface area contributed by atoms with Gasteiger partial charge in [0.05, 0.1) is 12.2 Å². The molecule has 0 radical (unpaired) electrons. The molecular weight excluding hydrogens is 340 g/mol. The zero-order chi connectivity index (χ0) is 19.1. The van der Waals surface area contributed by atoms with Gasteiger partial charge in [-0.3, -0.25) is 4.79 Å². The van der Waals surface area contributed by atoms with E-state index in [1.807, 2.05) is 54.6 Å². The predicted molar refractivity (Wildman–Crippen MR) is 104 cm³/mol. The van der Waals surface area contributed by atoms with Gasteiger partial charge in [-0.15, -0.1) is 0 Å². The summed E-state index contributed by atoms with van der Waals surface area (Å²) in [5.74, 6) is 1.22. The fourth-order valence-corrected chi connectivity index (χ4v) is 2.66. The number of aliphatic hydroxyl groups is 1. The Morgan fingerprint density at radius 3 is 2.11 bits per heavy atom. The van der Waals surface area contributed by atoms with Gasteiger partial charge in [-0.1, -0.05) is 48.5 Å². The molecular formula is C23H22O4. The van der Waals surface area contributed by atoms with E-state index in [1.54, 1.807) is 18.2 Å². The lowest BCUT2D eigenvalue weighted by atomic mass is 10.1. The van der Waals surface area contributed by atoms with Crippen LogP contribution in [0.2, 0.25) is 0 Å². The summed E-state index contributed by atoms with van der Waals surface area (Å²) in [6.07, 6.45) is 0. The smallest absolute Gasteiger partial charge is 0.163 e. The Bertz CT molecular complexity index is 886. The first kappa shape index (κ1) is 18.7. The quantitative estimate of drug-likeness (QED) is 0.598. The molecule has 0 spiro atoms. The van der Waals surface area contributed by atoms with Gasteiger partial charge in [-0.2, -0.15) is 0 Å². The highest BCUT2D eigenvalue weighted by molar-refractivity contribution is 5.97. The molecule has 0 saturated heterocycles. The Hall–Kier alpha value is -3.11. The number of carbonyl (C=O) groups is 1. The van der Waals surface area contributed by atoms with E-state index in [-0.39, 0.29) is 12.4 Å². The van der Waals surface area contributed by atoms with Crippen LogP contribution in [0.3, 0.4) is 0 Å². The van der Waals surface area contributed by atoms with E-state index in [2.05, 4.69) is 0 Å². The molecule has 0 saturated carbocycles. The van der Waals surface area contributed by atoms with Gasteiger partial charge in [0.15, 0.2) is 5.78 Å². The van der Waals surface area contributed by atoms with Gasteiger partial charge in [-0.25, -0.2) is 0 Å². The van der Waals surface area contributed by atoms with Crippen molar-refractivity contribution in [2.24, 2.45) is 0 Å². The van der Waals surface area contributed by atoms with Crippen LogP contribution < -0.4 is 9.47 Å². The summed E-state index contributed by atoms with van der Waals surface area (Å²) in [7, 11) is 0. The van der Waals surface area contributed by atoms with Gasteiger partial charge >= 0.3 is 0 Å². The third-order valence-electron chi connectivity index (χ3n) is 4.17. The minimum absolute atomic E-state index is 0.0926. The van der Waals surface area contributed by atoms with E-state index in [4.69, 9.17) is 9.47 Å². The number of carbonyl (C=O) groups excluding carboxylic acids is 1. The first-order valence-corrected chi connectivity index (χ1v) is 8.79. The van der Waals surface area contributed by atoms with Crippen molar-refractivity contribution in [1.29, 1.82) is 0 Å². The summed E-state index contributed by atoms with van der Waals surface area (Å²) in [5, 5.41) is 9.22. The van der Waals surface area contributed by atoms with Crippen LogP contribution in [0.4, 0.5) is 0 Å². The molecule has 138 valence electrons. The van der Waals surface area contributed by atoms with Crippen molar-refractivity contribution < 1.29 is 19.4 Å². The maximum absolute atomic E-state index is 11.8.